The highest BCUT2D eigenvalue weighted by Crippen LogP contribution is 2.47. The highest BCUT2D eigenvalue weighted by molar-refractivity contribution is 5.83. The first-order valence-corrected chi connectivity index (χ1v) is 6.32. The molecule has 1 amide bonds. The molecule has 3 unspecified atom stereocenters. The van der Waals surface area contributed by atoms with E-state index in [2.05, 4.69) is 5.32 Å². The van der Waals surface area contributed by atoms with Crippen molar-refractivity contribution in [2.45, 2.75) is 31.7 Å². The minimum absolute atomic E-state index is 0.0369. The molecule has 2 N–H and O–H groups in total. The van der Waals surface area contributed by atoms with E-state index in [0.717, 1.165) is 12.0 Å². The van der Waals surface area contributed by atoms with Crippen LogP contribution < -0.4 is 5.32 Å². The number of hydrogen-bond donors (Lipinski definition) is 2. The number of nitrogens with one attached hydrogen (secondary N) is 1. The molecule has 3 atom stereocenters. The summed E-state index contributed by atoms with van der Waals surface area (Å²) in [7, 11) is 0. The summed E-state index contributed by atoms with van der Waals surface area (Å²) >= 11 is 0. The number of amides is 1. The number of aliphatic hydroxyl groups excluding tert-OH is 1. The first kappa shape index (κ1) is 13.0. The molecule has 18 heavy (non-hydrogen) atoms. The molecule has 1 aliphatic rings. The molecule has 4 heteroatoms. The zero-order valence-electron chi connectivity index (χ0n) is 10.4. The molecule has 0 radical (unpaired) electrons. The van der Waals surface area contributed by atoms with Gasteiger partial charge in [-0.25, -0.2) is 4.39 Å². The molecule has 0 saturated heterocycles. The Balaban J connectivity index is 1.93. The molecule has 98 valence electrons. The Hall–Kier alpha value is -1.42. The third-order valence-electron chi connectivity index (χ3n) is 3.46. The highest BCUT2D eigenvalue weighted by atomic mass is 19.1. The van der Waals surface area contributed by atoms with Crippen LogP contribution in [-0.2, 0) is 4.79 Å². The molecule has 0 aliphatic heterocycles. The Morgan fingerprint density at radius 1 is 1.61 bits per heavy atom. The number of rotatable bonds is 5. The lowest BCUT2D eigenvalue weighted by Crippen LogP contribution is -2.38. The van der Waals surface area contributed by atoms with Crippen LogP contribution in [0.15, 0.2) is 24.3 Å². The second-order valence-electron chi connectivity index (χ2n) is 4.80. The quantitative estimate of drug-likeness (QED) is 0.838. The van der Waals surface area contributed by atoms with Gasteiger partial charge in [-0.15, -0.1) is 0 Å². The molecule has 0 heterocycles. The smallest absolute Gasteiger partial charge is 0.224 e. The SMILES string of the molecule is CCC(CO)NC(=O)C1CC1c1cccc(F)c1. The Labute approximate surface area is 106 Å². The normalized spacial score (nSPS) is 23.5. The van der Waals surface area contributed by atoms with Gasteiger partial charge >= 0.3 is 0 Å². The maximum atomic E-state index is 13.1. The molecule has 0 aromatic heterocycles. The van der Waals surface area contributed by atoms with Gasteiger partial charge in [0.25, 0.3) is 0 Å². The summed E-state index contributed by atoms with van der Waals surface area (Å²) in [6.45, 7) is 1.87. The molecule has 0 bridgehead atoms. The van der Waals surface area contributed by atoms with Crippen molar-refractivity contribution < 1.29 is 14.3 Å². The van der Waals surface area contributed by atoms with Crippen LogP contribution in [0.3, 0.4) is 0 Å². The van der Waals surface area contributed by atoms with Crippen LogP contribution in [0.2, 0.25) is 0 Å². The lowest BCUT2D eigenvalue weighted by atomic mass is 10.1. The van der Waals surface area contributed by atoms with Crippen molar-refractivity contribution in [2.75, 3.05) is 6.61 Å². The summed E-state index contributed by atoms with van der Waals surface area (Å²) in [5.41, 5.74) is 0.882. The van der Waals surface area contributed by atoms with Crippen LogP contribution in [0.4, 0.5) is 4.39 Å². The highest BCUT2D eigenvalue weighted by Gasteiger charge is 2.44. The lowest BCUT2D eigenvalue weighted by molar-refractivity contribution is -0.123. The van der Waals surface area contributed by atoms with E-state index in [1.165, 1.54) is 12.1 Å². The monoisotopic (exact) mass is 251 g/mol. The van der Waals surface area contributed by atoms with Gasteiger partial charge in [0.1, 0.15) is 5.82 Å². The maximum absolute atomic E-state index is 13.1. The van der Waals surface area contributed by atoms with Crippen molar-refractivity contribution in [2.24, 2.45) is 5.92 Å². The summed E-state index contributed by atoms with van der Waals surface area (Å²) in [6, 6.07) is 6.23. The van der Waals surface area contributed by atoms with E-state index in [1.807, 2.05) is 13.0 Å². The van der Waals surface area contributed by atoms with Crippen molar-refractivity contribution in [3.8, 4) is 0 Å². The van der Waals surface area contributed by atoms with Crippen LogP contribution >= 0.6 is 0 Å². The fourth-order valence-electron chi connectivity index (χ4n) is 2.18. The second-order valence-corrected chi connectivity index (χ2v) is 4.80. The molecule has 3 nitrogen and oxygen atoms in total. The molecule has 1 aromatic rings. The summed E-state index contributed by atoms with van der Waals surface area (Å²) in [4.78, 5) is 11.9. The molecule has 1 aliphatic carbocycles. The third kappa shape index (κ3) is 2.88. The molecule has 1 saturated carbocycles. The topological polar surface area (TPSA) is 49.3 Å². The minimum Gasteiger partial charge on any atom is -0.394 e. The summed E-state index contributed by atoms with van der Waals surface area (Å²) in [5.74, 6) is -0.255. The predicted octanol–water partition coefficient (Wildman–Crippen LogP) is 1.82. The summed E-state index contributed by atoms with van der Waals surface area (Å²) < 4.78 is 13.1. The van der Waals surface area contributed by atoms with Crippen molar-refractivity contribution in [3.05, 3.63) is 35.6 Å². The molecule has 0 spiro atoms. The predicted molar refractivity (Wildman–Crippen MR) is 66.6 cm³/mol. The van der Waals surface area contributed by atoms with Gasteiger partial charge in [-0.05, 0) is 36.5 Å². The third-order valence-corrected chi connectivity index (χ3v) is 3.46. The fraction of sp³-hybridized carbons (Fsp3) is 0.500. The standard InChI is InChI=1S/C14H18FNO2/c1-2-11(8-17)16-14(18)13-7-12(13)9-4-3-5-10(15)6-9/h3-6,11-13,17H,2,7-8H2,1H3,(H,16,18). The van der Waals surface area contributed by atoms with Crippen molar-refractivity contribution >= 4 is 5.91 Å². The molecule has 2 rings (SSSR count). The fourth-order valence-corrected chi connectivity index (χ4v) is 2.18. The van der Waals surface area contributed by atoms with Crippen LogP contribution in [0, 0.1) is 11.7 Å². The van der Waals surface area contributed by atoms with Gasteiger partial charge in [0.15, 0.2) is 0 Å². The van der Waals surface area contributed by atoms with E-state index in [-0.39, 0.29) is 36.2 Å². The number of aliphatic hydroxyl groups is 1. The lowest BCUT2D eigenvalue weighted by Gasteiger charge is -2.13. The van der Waals surface area contributed by atoms with Gasteiger partial charge in [-0.3, -0.25) is 4.79 Å². The Morgan fingerprint density at radius 2 is 2.39 bits per heavy atom. The van der Waals surface area contributed by atoms with Crippen LogP contribution in [-0.4, -0.2) is 23.7 Å². The molecular weight excluding hydrogens is 233 g/mol. The van der Waals surface area contributed by atoms with Crippen molar-refractivity contribution in [1.29, 1.82) is 0 Å². The Bertz CT molecular complexity index is 432. The number of carbonyl (C=O) groups excluding carboxylic acids is 1. The average Bonchev–Trinajstić information content (AvgIpc) is 3.16. The van der Waals surface area contributed by atoms with E-state index in [1.54, 1.807) is 6.07 Å². The van der Waals surface area contributed by atoms with Crippen LogP contribution in [0.5, 0.6) is 0 Å². The first-order valence-electron chi connectivity index (χ1n) is 6.32. The zero-order chi connectivity index (χ0) is 13.1. The van der Waals surface area contributed by atoms with Gasteiger partial charge < -0.3 is 10.4 Å². The Kier molecular flexibility index (Phi) is 3.97. The van der Waals surface area contributed by atoms with E-state index in [4.69, 9.17) is 5.11 Å². The number of hydrogen-bond acceptors (Lipinski definition) is 2. The van der Waals surface area contributed by atoms with Gasteiger partial charge in [-0.2, -0.15) is 0 Å². The number of carbonyl (C=O) groups is 1. The molecule has 1 aromatic carbocycles. The molecule has 1 fully saturated rings. The summed E-state index contributed by atoms with van der Waals surface area (Å²) in [5, 5.41) is 11.8. The van der Waals surface area contributed by atoms with E-state index >= 15 is 0 Å². The Morgan fingerprint density at radius 3 is 3.00 bits per heavy atom. The molecular formula is C14H18FNO2. The van der Waals surface area contributed by atoms with Gasteiger partial charge in [0.05, 0.1) is 12.6 Å². The maximum Gasteiger partial charge on any atom is 0.224 e. The van der Waals surface area contributed by atoms with Gasteiger partial charge in [0.2, 0.25) is 5.91 Å². The van der Waals surface area contributed by atoms with Gasteiger partial charge in [-0.1, -0.05) is 19.1 Å². The van der Waals surface area contributed by atoms with E-state index < -0.39 is 0 Å². The van der Waals surface area contributed by atoms with Gasteiger partial charge in [0, 0.05) is 5.92 Å². The van der Waals surface area contributed by atoms with E-state index in [0.29, 0.717) is 6.42 Å². The first-order chi connectivity index (χ1) is 8.65. The zero-order valence-corrected chi connectivity index (χ0v) is 10.4. The van der Waals surface area contributed by atoms with Crippen molar-refractivity contribution in [3.63, 3.8) is 0 Å². The average molecular weight is 251 g/mol. The summed E-state index contributed by atoms with van der Waals surface area (Å²) in [6.07, 6.45) is 1.47. The van der Waals surface area contributed by atoms with Crippen LogP contribution in [0.1, 0.15) is 31.2 Å². The minimum atomic E-state index is -0.264. The van der Waals surface area contributed by atoms with Crippen LogP contribution in [0.25, 0.3) is 0 Å². The number of halogens is 1. The largest absolute Gasteiger partial charge is 0.394 e. The van der Waals surface area contributed by atoms with E-state index in [9.17, 15) is 9.18 Å². The second kappa shape index (κ2) is 5.48. The number of benzene rings is 1. The van der Waals surface area contributed by atoms with Crippen molar-refractivity contribution in [1.82, 2.24) is 5.32 Å².